The van der Waals surface area contributed by atoms with Crippen LogP contribution in [-0.4, -0.2) is 57.3 Å². The first-order chi connectivity index (χ1) is 12.1. The van der Waals surface area contributed by atoms with Crippen molar-refractivity contribution < 1.29 is 9.53 Å². The molecule has 0 unspecified atom stereocenters. The van der Waals surface area contributed by atoms with Crippen molar-refractivity contribution in [2.24, 2.45) is 7.05 Å². The smallest absolute Gasteiger partial charge is 0.323 e. The van der Waals surface area contributed by atoms with Gasteiger partial charge in [-0.2, -0.15) is 10.2 Å². The summed E-state index contributed by atoms with van der Waals surface area (Å²) >= 11 is 0. The first kappa shape index (κ1) is 17.5. The van der Waals surface area contributed by atoms with Crippen molar-refractivity contribution in [1.82, 2.24) is 24.5 Å². The molecule has 8 heteroatoms. The number of aryl methyl sites for hydroxylation is 2. The van der Waals surface area contributed by atoms with Crippen LogP contribution in [0.3, 0.4) is 0 Å². The SMILES string of the molecule is COCCc1cc(NC(=O)N2CCC[C@@H](n3cc(C)cn3)C2)n(C)n1. The Morgan fingerprint density at radius 1 is 1.48 bits per heavy atom. The topological polar surface area (TPSA) is 77.2 Å². The number of nitrogens with zero attached hydrogens (tertiary/aromatic N) is 5. The van der Waals surface area contributed by atoms with Crippen LogP contribution in [0.2, 0.25) is 0 Å². The maximum absolute atomic E-state index is 12.6. The summed E-state index contributed by atoms with van der Waals surface area (Å²) in [5.41, 5.74) is 2.04. The highest BCUT2D eigenvalue weighted by atomic mass is 16.5. The van der Waals surface area contributed by atoms with Crippen LogP contribution in [0.25, 0.3) is 0 Å². The summed E-state index contributed by atoms with van der Waals surface area (Å²) in [4.78, 5) is 14.5. The maximum Gasteiger partial charge on any atom is 0.323 e. The van der Waals surface area contributed by atoms with Gasteiger partial charge in [-0.1, -0.05) is 0 Å². The number of hydrogen-bond donors (Lipinski definition) is 1. The van der Waals surface area contributed by atoms with Crippen LogP contribution < -0.4 is 5.32 Å². The van der Waals surface area contributed by atoms with Crippen molar-refractivity contribution in [2.45, 2.75) is 32.2 Å². The van der Waals surface area contributed by atoms with Crippen LogP contribution >= 0.6 is 0 Å². The van der Waals surface area contributed by atoms with Gasteiger partial charge in [0.15, 0.2) is 0 Å². The van der Waals surface area contributed by atoms with Crippen molar-refractivity contribution in [3.8, 4) is 0 Å². The Kier molecular flexibility index (Phi) is 5.37. The second-order valence-electron chi connectivity index (χ2n) is 6.56. The number of urea groups is 1. The molecule has 136 valence electrons. The molecule has 1 aliphatic heterocycles. The lowest BCUT2D eigenvalue weighted by Gasteiger charge is -2.32. The molecular formula is C17H26N6O2. The number of piperidine rings is 1. The molecule has 1 fully saturated rings. The second kappa shape index (κ2) is 7.69. The van der Waals surface area contributed by atoms with Gasteiger partial charge in [0, 0.05) is 45.9 Å². The van der Waals surface area contributed by atoms with Crippen LogP contribution in [-0.2, 0) is 18.2 Å². The third-order valence-electron chi connectivity index (χ3n) is 4.52. The summed E-state index contributed by atoms with van der Waals surface area (Å²) in [6.45, 7) is 4.07. The fourth-order valence-electron chi connectivity index (χ4n) is 3.15. The molecule has 0 bridgehead atoms. The Morgan fingerprint density at radius 3 is 3.04 bits per heavy atom. The number of likely N-dealkylation sites (tertiary alicyclic amines) is 1. The third-order valence-corrected chi connectivity index (χ3v) is 4.52. The summed E-state index contributed by atoms with van der Waals surface area (Å²) in [6.07, 6.45) is 6.63. The minimum Gasteiger partial charge on any atom is -0.384 e. The van der Waals surface area contributed by atoms with E-state index in [1.54, 1.807) is 11.8 Å². The molecule has 2 aromatic rings. The maximum atomic E-state index is 12.6. The number of nitrogens with one attached hydrogen (secondary N) is 1. The number of aromatic nitrogens is 4. The molecule has 25 heavy (non-hydrogen) atoms. The molecule has 3 rings (SSSR count). The number of amides is 2. The molecule has 1 aliphatic rings. The van der Waals surface area contributed by atoms with Gasteiger partial charge in [0.25, 0.3) is 0 Å². The molecule has 0 saturated carbocycles. The lowest BCUT2D eigenvalue weighted by Crippen LogP contribution is -2.43. The highest BCUT2D eigenvalue weighted by molar-refractivity contribution is 5.88. The summed E-state index contributed by atoms with van der Waals surface area (Å²) in [5.74, 6) is 0.702. The predicted molar refractivity (Wildman–Crippen MR) is 94.6 cm³/mol. The molecule has 0 aliphatic carbocycles. The zero-order chi connectivity index (χ0) is 17.8. The van der Waals surface area contributed by atoms with Crippen LogP contribution in [0.15, 0.2) is 18.5 Å². The summed E-state index contributed by atoms with van der Waals surface area (Å²) in [7, 11) is 3.50. The Hall–Kier alpha value is -2.35. The van der Waals surface area contributed by atoms with Gasteiger partial charge in [-0.25, -0.2) is 4.79 Å². The van der Waals surface area contributed by atoms with E-state index in [1.807, 2.05) is 42.0 Å². The lowest BCUT2D eigenvalue weighted by atomic mass is 10.1. The summed E-state index contributed by atoms with van der Waals surface area (Å²) in [6, 6.07) is 2.04. The lowest BCUT2D eigenvalue weighted by molar-refractivity contribution is 0.174. The molecule has 1 saturated heterocycles. The van der Waals surface area contributed by atoms with Crippen LogP contribution in [0.4, 0.5) is 10.6 Å². The van der Waals surface area contributed by atoms with Gasteiger partial charge >= 0.3 is 6.03 Å². The molecule has 8 nitrogen and oxygen atoms in total. The number of hydrogen-bond acceptors (Lipinski definition) is 4. The Labute approximate surface area is 147 Å². The molecule has 2 aromatic heterocycles. The van der Waals surface area contributed by atoms with Gasteiger partial charge in [0.1, 0.15) is 5.82 Å². The van der Waals surface area contributed by atoms with E-state index in [0.717, 1.165) is 37.1 Å². The van der Waals surface area contributed by atoms with Gasteiger partial charge in [0.2, 0.25) is 0 Å². The largest absolute Gasteiger partial charge is 0.384 e. The van der Waals surface area contributed by atoms with Gasteiger partial charge < -0.3 is 9.64 Å². The minimum absolute atomic E-state index is 0.0881. The first-order valence-electron chi connectivity index (χ1n) is 8.65. The van der Waals surface area contributed by atoms with E-state index in [1.165, 1.54) is 0 Å². The molecule has 1 N–H and O–H groups in total. The average Bonchev–Trinajstić information content (AvgIpc) is 3.19. The molecular weight excluding hydrogens is 320 g/mol. The average molecular weight is 346 g/mol. The Bertz CT molecular complexity index is 723. The van der Waals surface area contributed by atoms with Gasteiger partial charge in [0.05, 0.1) is 24.5 Å². The highest BCUT2D eigenvalue weighted by Crippen LogP contribution is 2.22. The number of methoxy groups -OCH3 is 1. The quantitative estimate of drug-likeness (QED) is 0.898. The molecule has 3 heterocycles. The Balaban J connectivity index is 1.62. The fraction of sp³-hybridized carbons (Fsp3) is 0.588. The highest BCUT2D eigenvalue weighted by Gasteiger charge is 2.25. The van der Waals surface area contributed by atoms with Gasteiger partial charge in [-0.3, -0.25) is 14.7 Å². The summed E-state index contributed by atoms with van der Waals surface area (Å²) in [5, 5.41) is 11.8. The monoisotopic (exact) mass is 346 g/mol. The van der Waals surface area contributed by atoms with Crippen LogP contribution in [0.1, 0.15) is 30.1 Å². The molecule has 0 radical (unpaired) electrons. The predicted octanol–water partition coefficient (Wildman–Crippen LogP) is 1.98. The van der Waals surface area contributed by atoms with E-state index < -0.39 is 0 Å². The zero-order valence-corrected chi connectivity index (χ0v) is 15.1. The minimum atomic E-state index is -0.0881. The molecule has 2 amide bonds. The van der Waals surface area contributed by atoms with Crippen molar-refractivity contribution in [2.75, 3.05) is 32.1 Å². The normalized spacial score (nSPS) is 17.7. The van der Waals surface area contributed by atoms with Crippen molar-refractivity contribution in [3.05, 3.63) is 29.7 Å². The second-order valence-corrected chi connectivity index (χ2v) is 6.56. The number of carbonyl (C=O) groups is 1. The van der Waals surface area contributed by atoms with Crippen molar-refractivity contribution >= 4 is 11.8 Å². The standard InChI is InChI=1S/C17H26N6O2/c1-13-10-18-23(11-13)15-5-4-7-22(12-15)17(24)19-16-9-14(6-8-25-3)20-21(16)2/h9-11,15H,4-8,12H2,1-3H3,(H,19,24)/t15-/m1/s1. The van der Waals surface area contributed by atoms with E-state index in [2.05, 4.69) is 15.5 Å². The molecule has 0 aromatic carbocycles. The van der Waals surface area contributed by atoms with E-state index in [4.69, 9.17) is 4.74 Å². The fourth-order valence-corrected chi connectivity index (χ4v) is 3.15. The van der Waals surface area contributed by atoms with E-state index >= 15 is 0 Å². The van der Waals surface area contributed by atoms with Gasteiger partial charge in [-0.15, -0.1) is 0 Å². The van der Waals surface area contributed by atoms with E-state index in [9.17, 15) is 4.79 Å². The first-order valence-corrected chi connectivity index (χ1v) is 8.65. The molecule has 1 atom stereocenters. The van der Waals surface area contributed by atoms with E-state index in [0.29, 0.717) is 19.0 Å². The van der Waals surface area contributed by atoms with Gasteiger partial charge in [-0.05, 0) is 25.3 Å². The molecule has 0 spiro atoms. The van der Waals surface area contributed by atoms with Crippen molar-refractivity contribution in [3.63, 3.8) is 0 Å². The van der Waals surface area contributed by atoms with E-state index in [-0.39, 0.29) is 12.1 Å². The third kappa shape index (κ3) is 4.19. The number of ether oxygens (including phenoxy) is 1. The zero-order valence-electron chi connectivity index (χ0n) is 15.1. The number of rotatable bonds is 5. The Morgan fingerprint density at radius 2 is 2.32 bits per heavy atom. The van der Waals surface area contributed by atoms with Crippen molar-refractivity contribution in [1.29, 1.82) is 0 Å². The summed E-state index contributed by atoms with van der Waals surface area (Å²) < 4.78 is 8.74. The number of anilines is 1. The van der Waals surface area contributed by atoms with Crippen LogP contribution in [0, 0.1) is 6.92 Å². The number of carbonyl (C=O) groups excluding carboxylic acids is 1. The van der Waals surface area contributed by atoms with Crippen LogP contribution in [0.5, 0.6) is 0 Å².